The number of methoxy groups -OCH3 is 1. The maximum atomic E-state index is 13.3. The van der Waals surface area contributed by atoms with Crippen LogP contribution < -0.4 is 15.0 Å². The second-order valence-electron chi connectivity index (χ2n) is 6.40. The quantitative estimate of drug-likeness (QED) is 0.894. The van der Waals surface area contributed by atoms with Crippen molar-refractivity contribution in [2.45, 2.75) is 13.0 Å². The molecule has 1 atom stereocenters. The minimum Gasteiger partial charge on any atom is -0.497 e. The summed E-state index contributed by atoms with van der Waals surface area (Å²) >= 11 is 0. The van der Waals surface area contributed by atoms with E-state index < -0.39 is 0 Å². The van der Waals surface area contributed by atoms with Gasteiger partial charge in [0, 0.05) is 37.6 Å². The molecule has 2 aromatic carbocycles. The van der Waals surface area contributed by atoms with E-state index in [0.717, 1.165) is 37.6 Å². The average molecular weight is 357 g/mol. The number of amides is 1. The van der Waals surface area contributed by atoms with Gasteiger partial charge >= 0.3 is 0 Å². The molecule has 0 aromatic heterocycles. The summed E-state index contributed by atoms with van der Waals surface area (Å²) in [4.78, 5) is 16.9. The van der Waals surface area contributed by atoms with Crippen molar-refractivity contribution in [2.24, 2.45) is 0 Å². The van der Waals surface area contributed by atoms with Crippen LogP contribution in [0.1, 0.15) is 6.92 Å². The van der Waals surface area contributed by atoms with Crippen molar-refractivity contribution in [1.29, 1.82) is 0 Å². The Morgan fingerprint density at radius 2 is 1.81 bits per heavy atom. The molecule has 0 unspecified atom stereocenters. The molecule has 0 bridgehead atoms. The van der Waals surface area contributed by atoms with Gasteiger partial charge in [0.2, 0.25) is 5.91 Å². The molecule has 1 heterocycles. The van der Waals surface area contributed by atoms with Gasteiger partial charge in [-0.25, -0.2) is 4.39 Å². The first kappa shape index (κ1) is 18.2. The van der Waals surface area contributed by atoms with Gasteiger partial charge in [-0.2, -0.15) is 0 Å². The summed E-state index contributed by atoms with van der Waals surface area (Å²) < 4.78 is 18.4. The third-order valence-corrected chi connectivity index (χ3v) is 4.77. The van der Waals surface area contributed by atoms with E-state index in [2.05, 4.69) is 27.2 Å². The zero-order chi connectivity index (χ0) is 18.5. The van der Waals surface area contributed by atoms with Gasteiger partial charge in [0.15, 0.2) is 0 Å². The van der Waals surface area contributed by atoms with Crippen molar-refractivity contribution < 1.29 is 13.9 Å². The highest BCUT2D eigenvalue weighted by Gasteiger charge is 2.25. The Morgan fingerprint density at radius 1 is 1.12 bits per heavy atom. The van der Waals surface area contributed by atoms with Crippen LogP contribution in [0, 0.1) is 5.82 Å². The number of hydrogen-bond donors (Lipinski definition) is 1. The fourth-order valence-electron chi connectivity index (χ4n) is 3.14. The molecule has 1 saturated heterocycles. The van der Waals surface area contributed by atoms with E-state index in [1.165, 1.54) is 12.1 Å². The van der Waals surface area contributed by atoms with Gasteiger partial charge in [-0.1, -0.05) is 6.07 Å². The van der Waals surface area contributed by atoms with Gasteiger partial charge in [0.25, 0.3) is 0 Å². The first-order chi connectivity index (χ1) is 12.6. The van der Waals surface area contributed by atoms with Crippen molar-refractivity contribution in [3.8, 4) is 5.75 Å². The van der Waals surface area contributed by atoms with Crippen molar-refractivity contribution >= 4 is 17.3 Å². The van der Waals surface area contributed by atoms with Crippen LogP contribution in [-0.2, 0) is 4.79 Å². The van der Waals surface area contributed by atoms with E-state index in [1.54, 1.807) is 19.2 Å². The fourth-order valence-corrected chi connectivity index (χ4v) is 3.14. The lowest BCUT2D eigenvalue weighted by Crippen LogP contribution is -2.52. The summed E-state index contributed by atoms with van der Waals surface area (Å²) in [6.07, 6.45) is 0. The highest BCUT2D eigenvalue weighted by Crippen LogP contribution is 2.21. The van der Waals surface area contributed by atoms with Crippen molar-refractivity contribution in [3.05, 3.63) is 54.3 Å². The number of halogens is 1. The standard InChI is InChI=1S/C20H24FN3O2/c1-15(20(25)22-17-5-3-4-16(21)14-17)23-10-12-24(13-11-23)18-6-8-19(26-2)9-7-18/h3-9,14-15H,10-13H2,1-2H3,(H,22,25)/t15-/m0/s1. The Labute approximate surface area is 153 Å². The zero-order valence-electron chi connectivity index (χ0n) is 15.1. The largest absolute Gasteiger partial charge is 0.497 e. The minimum atomic E-state index is -0.358. The van der Waals surface area contributed by atoms with Gasteiger partial charge in [-0.05, 0) is 49.4 Å². The molecular weight excluding hydrogens is 333 g/mol. The molecule has 0 radical (unpaired) electrons. The molecule has 138 valence electrons. The summed E-state index contributed by atoms with van der Waals surface area (Å²) in [5.74, 6) is 0.368. The monoisotopic (exact) mass is 357 g/mol. The lowest BCUT2D eigenvalue weighted by atomic mass is 10.2. The molecule has 0 aliphatic carbocycles. The summed E-state index contributed by atoms with van der Waals surface area (Å²) in [6.45, 7) is 5.18. The van der Waals surface area contributed by atoms with E-state index in [4.69, 9.17) is 4.74 Å². The second kappa shape index (κ2) is 8.19. The topological polar surface area (TPSA) is 44.8 Å². The molecule has 1 fully saturated rings. The molecule has 1 amide bonds. The van der Waals surface area contributed by atoms with Gasteiger partial charge in [-0.3, -0.25) is 9.69 Å². The summed E-state index contributed by atoms with van der Waals surface area (Å²) in [5.41, 5.74) is 1.64. The number of piperazine rings is 1. The van der Waals surface area contributed by atoms with Crippen LogP contribution in [0.3, 0.4) is 0 Å². The molecule has 1 aliphatic rings. The lowest BCUT2D eigenvalue weighted by molar-refractivity contribution is -0.120. The van der Waals surface area contributed by atoms with Crippen LogP contribution in [0.4, 0.5) is 15.8 Å². The maximum absolute atomic E-state index is 13.3. The summed E-state index contributed by atoms with van der Waals surface area (Å²) in [5, 5.41) is 2.79. The van der Waals surface area contributed by atoms with E-state index >= 15 is 0 Å². The zero-order valence-corrected chi connectivity index (χ0v) is 15.1. The third-order valence-electron chi connectivity index (χ3n) is 4.77. The Kier molecular flexibility index (Phi) is 5.73. The lowest BCUT2D eigenvalue weighted by Gasteiger charge is -2.38. The molecule has 1 N–H and O–H groups in total. The molecule has 26 heavy (non-hydrogen) atoms. The molecule has 6 heteroatoms. The van der Waals surface area contributed by atoms with Crippen LogP contribution in [0.5, 0.6) is 5.75 Å². The number of nitrogens with one attached hydrogen (secondary N) is 1. The predicted octanol–water partition coefficient (Wildman–Crippen LogP) is 2.98. The average Bonchev–Trinajstić information content (AvgIpc) is 2.67. The minimum absolute atomic E-state index is 0.117. The van der Waals surface area contributed by atoms with Crippen LogP contribution in [0.2, 0.25) is 0 Å². The first-order valence-electron chi connectivity index (χ1n) is 8.76. The molecular formula is C20H24FN3O2. The second-order valence-corrected chi connectivity index (χ2v) is 6.40. The molecule has 0 spiro atoms. The van der Waals surface area contributed by atoms with Gasteiger partial charge in [-0.15, -0.1) is 0 Å². The van der Waals surface area contributed by atoms with E-state index in [9.17, 15) is 9.18 Å². The van der Waals surface area contributed by atoms with Crippen molar-refractivity contribution in [3.63, 3.8) is 0 Å². The number of nitrogens with zero attached hydrogens (tertiary/aromatic N) is 2. The Balaban J connectivity index is 1.54. The highest BCUT2D eigenvalue weighted by atomic mass is 19.1. The first-order valence-corrected chi connectivity index (χ1v) is 8.76. The molecule has 5 nitrogen and oxygen atoms in total. The third kappa shape index (κ3) is 4.32. The Morgan fingerprint density at radius 3 is 2.42 bits per heavy atom. The molecule has 2 aromatic rings. The number of benzene rings is 2. The van der Waals surface area contributed by atoms with Gasteiger partial charge in [0.05, 0.1) is 13.2 Å². The molecule has 0 saturated carbocycles. The number of anilines is 2. The van der Waals surface area contributed by atoms with Crippen LogP contribution in [-0.4, -0.2) is 50.1 Å². The van der Waals surface area contributed by atoms with E-state index in [0.29, 0.717) is 5.69 Å². The smallest absolute Gasteiger partial charge is 0.241 e. The van der Waals surface area contributed by atoms with Gasteiger partial charge in [0.1, 0.15) is 11.6 Å². The Hall–Kier alpha value is -2.60. The van der Waals surface area contributed by atoms with E-state index in [1.807, 2.05) is 19.1 Å². The number of carbonyl (C=O) groups excluding carboxylic acids is 1. The predicted molar refractivity (Wildman–Crippen MR) is 101 cm³/mol. The molecule has 1 aliphatic heterocycles. The van der Waals surface area contributed by atoms with Crippen LogP contribution >= 0.6 is 0 Å². The van der Waals surface area contributed by atoms with Crippen molar-refractivity contribution in [1.82, 2.24) is 4.90 Å². The normalized spacial score (nSPS) is 16.2. The van der Waals surface area contributed by atoms with Crippen molar-refractivity contribution in [2.75, 3.05) is 43.5 Å². The molecule has 3 rings (SSSR count). The number of rotatable bonds is 5. The van der Waals surface area contributed by atoms with Crippen LogP contribution in [0.15, 0.2) is 48.5 Å². The number of carbonyl (C=O) groups is 1. The fraction of sp³-hybridized carbons (Fsp3) is 0.350. The Bertz CT molecular complexity index is 743. The highest BCUT2D eigenvalue weighted by molar-refractivity contribution is 5.94. The maximum Gasteiger partial charge on any atom is 0.241 e. The van der Waals surface area contributed by atoms with E-state index in [-0.39, 0.29) is 17.8 Å². The SMILES string of the molecule is COc1ccc(N2CCN([C@@H](C)C(=O)Nc3cccc(F)c3)CC2)cc1. The summed E-state index contributed by atoms with van der Waals surface area (Å²) in [7, 11) is 1.66. The number of hydrogen-bond acceptors (Lipinski definition) is 4. The number of ether oxygens (including phenoxy) is 1. The van der Waals surface area contributed by atoms with Crippen LogP contribution in [0.25, 0.3) is 0 Å². The summed E-state index contributed by atoms with van der Waals surface area (Å²) in [6, 6.07) is 13.7. The van der Waals surface area contributed by atoms with Gasteiger partial charge < -0.3 is 15.0 Å².